The highest BCUT2D eigenvalue weighted by molar-refractivity contribution is 7.14. The fraction of sp³-hybridized carbons (Fsp3) is 0.400. The number of rotatable bonds is 5. The van der Waals surface area contributed by atoms with Gasteiger partial charge < -0.3 is 9.64 Å². The van der Waals surface area contributed by atoms with Crippen LogP contribution in [-0.2, 0) is 28.9 Å². The molecule has 0 spiro atoms. The van der Waals surface area contributed by atoms with Gasteiger partial charge in [-0.25, -0.2) is 4.79 Å². The molecule has 0 N–H and O–H groups in total. The predicted molar refractivity (Wildman–Crippen MR) is 98.8 cm³/mol. The molecular weight excluding hydrogens is 334 g/mol. The monoisotopic (exact) mass is 357 g/mol. The molecule has 0 saturated heterocycles. The minimum atomic E-state index is -0.389. The van der Waals surface area contributed by atoms with Crippen LogP contribution in [0.4, 0.5) is 0 Å². The molecule has 1 heterocycles. The van der Waals surface area contributed by atoms with E-state index in [1.807, 2.05) is 36.4 Å². The SMILES string of the molecule is CN(Cc1ccccc1)C(=O)COC(=O)c1cc2c(s1)CCCCC2. The first kappa shape index (κ1) is 17.7. The lowest BCUT2D eigenvalue weighted by Gasteiger charge is -2.17. The molecule has 4 nitrogen and oxygen atoms in total. The van der Waals surface area contributed by atoms with Crippen LogP contribution in [0.3, 0.4) is 0 Å². The molecule has 132 valence electrons. The van der Waals surface area contributed by atoms with Crippen LogP contribution in [0.5, 0.6) is 0 Å². The maximum absolute atomic E-state index is 12.3. The number of thiophene rings is 1. The van der Waals surface area contributed by atoms with Gasteiger partial charge in [-0.2, -0.15) is 0 Å². The normalized spacial score (nSPS) is 13.6. The van der Waals surface area contributed by atoms with E-state index in [1.54, 1.807) is 11.9 Å². The van der Waals surface area contributed by atoms with Crippen LogP contribution in [0.25, 0.3) is 0 Å². The van der Waals surface area contributed by atoms with Gasteiger partial charge in [0.15, 0.2) is 6.61 Å². The summed E-state index contributed by atoms with van der Waals surface area (Å²) in [6.45, 7) is 0.287. The van der Waals surface area contributed by atoms with Crippen molar-refractivity contribution in [2.75, 3.05) is 13.7 Å². The van der Waals surface area contributed by atoms with E-state index in [9.17, 15) is 9.59 Å². The van der Waals surface area contributed by atoms with Gasteiger partial charge in [0.2, 0.25) is 0 Å². The predicted octanol–water partition coefficient (Wildman–Crippen LogP) is 3.83. The van der Waals surface area contributed by atoms with Crippen LogP contribution < -0.4 is 0 Å². The van der Waals surface area contributed by atoms with Crippen molar-refractivity contribution in [3.63, 3.8) is 0 Å². The molecule has 1 amide bonds. The summed E-state index contributed by atoms with van der Waals surface area (Å²) in [6.07, 6.45) is 5.71. The Morgan fingerprint density at radius 2 is 1.88 bits per heavy atom. The first-order valence-corrected chi connectivity index (χ1v) is 9.52. The third kappa shape index (κ3) is 4.69. The number of ether oxygens (including phenoxy) is 1. The lowest BCUT2D eigenvalue weighted by atomic mass is 10.1. The Morgan fingerprint density at radius 1 is 1.12 bits per heavy atom. The first-order valence-electron chi connectivity index (χ1n) is 8.70. The molecule has 1 aliphatic rings. The van der Waals surface area contributed by atoms with E-state index in [-0.39, 0.29) is 18.5 Å². The highest BCUT2D eigenvalue weighted by Gasteiger charge is 2.19. The summed E-state index contributed by atoms with van der Waals surface area (Å²) >= 11 is 1.52. The smallest absolute Gasteiger partial charge is 0.348 e. The second-order valence-electron chi connectivity index (χ2n) is 6.43. The van der Waals surface area contributed by atoms with E-state index in [0.717, 1.165) is 18.4 Å². The van der Waals surface area contributed by atoms with Crippen molar-refractivity contribution < 1.29 is 14.3 Å². The molecule has 1 aromatic heterocycles. The third-order valence-corrected chi connectivity index (χ3v) is 5.68. The summed E-state index contributed by atoms with van der Waals surface area (Å²) in [6, 6.07) is 11.7. The quantitative estimate of drug-likeness (QED) is 0.603. The fourth-order valence-electron chi connectivity index (χ4n) is 3.02. The second kappa shape index (κ2) is 8.30. The lowest BCUT2D eigenvalue weighted by Crippen LogP contribution is -2.30. The van der Waals surface area contributed by atoms with Gasteiger partial charge in [0, 0.05) is 18.5 Å². The maximum Gasteiger partial charge on any atom is 0.348 e. The van der Waals surface area contributed by atoms with Gasteiger partial charge in [0.25, 0.3) is 5.91 Å². The van der Waals surface area contributed by atoms with Gasteiger partial charge in [-0.15, -0.1) is 11.3 Å². The first-order chi connectivity index (χ1) is 12.1. The summed E-state index contributed by atoms with van der Waals surface area (Å²) in [5.41, 5.74) is 2.33. The standard InChI is InChI=1S/C20H23NO3S/c1-21(13-15-8-4-2-5-9-15)19(22)14-24-20(23)18-12-16-10-6-3-7-11-17(16)25-18/h2,4-5,8-9,12H,3,6-7,10-11,13-14H2,1H3. The van der Waals surface area contributed by atoms with Crippen molar-refractivity contribution in [1.82, 2.24) is 4.90 Å². The van der Waals surface area contributed by atoms with E-state index in [0.29, 0.717) is 11.4 Å². The molecule has 0 bridgehead atoms. The van der Waals surface area contributed by atoms with Gasteiger partial charge >= 0.3 is 5.97 Å². The zero-order valence-corrected chi connectivity index (χ0v) is 15.3. The maximum atomic E-state index is 12.3. The molecule has 5 heteroatoms. The van der Waals surface area contributed by atoms with Gasteiger partial charge in [-0.1, -0.05) is 36.8 Å². The molecule has 25 heavy (non-hydrogen) atoms. The van der Waals surface area contributed by atoms with E-state index in [4.69, 9.17) is 4.74 Å². The van der Waals surface area contributed by atoms with Crippen LogP contribution in [0.15, 0.2) is 36.4 Å². The van der Waals surface area contributed by atoms with Crippen LogP contribution in [-0.4, -0.2) is 30.4 Å². The zero-order valence-electron chi connectivity index (χ0n) is 14.5. The number of hydrogen-bond donors (Lipinski definition) is 0. The molecule has 1 aliphatic carbocycles. The number of benzene rings is 1. The Hall–Kier alpha value is -2.14. The molecule has 1 aromatic carbocycles. The summed E-state index contributed by atoms with van der Waals surface area (Å²) in [5.74, 6) is -0.588. The van der Waals surface area contributed by atoms with E-state index >= 15 is 0 Å². The molecule has 3 rings (SSSR count). The van der Waals surface area contributed by atoms with Gasteiger partial charge in [0.1, 0.15) is 4.88 Å². The number of aryl methyl sites for hydroxylation is 2. The van der Waals surface area contributed by atoms with E-state index in [2.05, 4.69) is 0 Å². The van der Waals surface area contributed by atoms with Crippen molar-refractivity contribution in [2.45, 2.75) is 38.6 Å². The number of carbonyl (C=O) groups excluding carboxylic acids is 2. The Morgan fingerprint density at radius 3 is 2.68 bits per heavy atom. The molecule has 0 radical (unpaired) electrons. The highest BCUT2D eigenvalue weighted by Crippen LogP contribution is 2.29. The molecule has 0 unspecified atom stereocenters. The number of amides is 1. The van der Waals surface area contributed by atoms with Crippen molar-refractivity contribution in [3.8, 4) is 0 Å². The average molecular weight is 357 g/mol. The van der Waals surface area contributed by atoms with E-state index in [1.165, 1.54) is 41.0 Å². The minimum absolute atomic E-state index is 0.199. The van der Waals surface area contributed by atoms with Crippen LogP contribution >= 0.6 is 11.3 Å². The average Bonchev–Trinajstić information content (AvgIpc) is 2.91. The number of carbonyl (C=O) groups is 2. The van der Waals surface area contributed by atoms with Gasteiger partial charge in [-0.05, 0) is 42.9 Å². The van der Waals surface area contributed by atoms with Crippen LogP contribution in [0.1, 0.15) is 44.9 Å². The molecular formula is C20H23NO3S. The Labute approximate surface area is 152 Å². The van der Waals surface area contributed by atoms with Crippen molar-refractivity contribution in [3.05, 3.63) is 57.3 Å². The summed E-state index contributed by atoms with van der Waals surface area (Å²) in [5, 5.41) is 0. The van der Waals surface area contributed by atoms with Crippen molar-refractivity contribution in [1.29, 1.82) is 0 Å². The molecule has 0 aliphatic heterocycles. The molecule has 0 saturated carbocycles. The van der Waals surface area contributed by atoms with Gasteiger partial charge in [0.05, 0.1) is 0 Å². The molecule has 2 aromatic rings. The fourth-order valence-corrected chi connectivity index (χ4v) is 4.17. The van der Waals surface area contributed by atoms with Crippen molar-refractivity contribution in [2.24, 2.45) is 0 Å². The van der Waals surface area contributed by atoms with Crippen LogP contribution in [0.2, 0.25) is 0 Å². The van der Waals surface area contributed by atoms with Crippen molar-refractivity contribution >= 4 is 23.2 Å². The number of fused-ring (bicyclic) bond motifs is 1. The summed E-state index contributed by atoms with van der Waals surface area (Å²) < 4.78 is 5.24. The zero-order chi connectivity index (χ0) is 17.6. The minimum Gasteiger partial charge on any atom is -0.451 e. The topological polar surface area (TPSA) is 46.6 Å². The number of hydrogen-bond acceptors (Lipinski definition) is 4. The van der Waals surface area contributed by atoms with E-state index < -0.39 is 0 Å². The number of nitrogens with zero attached hydrogens (tertiary/aromatic N) is 1. The second-order valence-corrected chi connectivity index (χ2v) is 7.57. The Balaban J connectivity index is 1.52. The van der Waals surface area contributed by atoms with Crippen LogP contribution in [0, 0.1) is 0 Å². The molecule has 0 fully saturated rings. The van der Waals surface area contributed by atoms with Gasteiger partial charge in [-0.3, -0.25) is 4.79 Å². The highest BCUT2D eigenvalue weighted by atomic mass is 32.1. The largest absolute Gasteiger partial charge is 0.451 e. The molecule has 0 atom stereocenters. The Kier molecular flexibility index (Phi) is 5.87. The summed E-state index contributed by atoms with van der Waals surface area (Å²) in [7, 11) is 1.72. The summed E-state index contributed by atoms with van der Waals surface area (Å²) in [4.78, 5) is 27.9. The Bertz CT molecular complexity index is 715. The third-order valence-electron chi connectivity index (χ3n) is 4.46. The number of likely N-dealkylation sites (N-methyl/N-ethyl adjacent to an activating group) is 1. The number of esters is 1. The lowest BCUT2D eigenvalue weighted by molar-refractivity contribution is -0.133.